The number of aldehydes is 1. The predicted octanol–water partition coefficient (Wildman–Crippen LogP) is 3.79. The molecule has 0 aromatic heterocycles. The monoisotopic (exact) mass is 210 g/mol. The van der Waals surface area contributed by atoms with E-state index in [2.05, 4.69) is 31.2 Å². The number of benzene rings is 1. The maximum absolute atomic E-state index is 10.6. The lowest BCUT2D eigenvalue weighted by Gasteiger charge is -2.03. The highest BCUT2D eigenvalue weighted by molar-refractivity contribution is 5.77. The second-order valence-electron chi connectivity index (χ2n) is 3.95. The second kappa shape index (κ2) is 4.75. The molecule has 1 heteroatoms. The van der Waals surface area contributed by atoms with Crippen molar-refractivity contribution in [3.63, 3.8) is 0 Å². The fourth-order valence-electron chi connectivity index (χ4n) is 1.72. The van der Waals surface area contributed by atoms with Crippen LogP contribution in [0.2, 0.25) is 0 Å². The standard InChI is InChI=1S/C15H14O/c1-12-3-2-4-14(8-5-12)15-9-6-13(11-16)7-10-15/h2-3,5-11H,4H2,1H3. The van der Waals surface area contributed by atoms with Crippen LogP contribution >= 0.6 is 0 Å². The molecule has 1 aromatic carbocycles. The summed E-state index contributed by atoms with van der Waals surface area (Å²) in [5, 5.41) is 0. The Morgan fingerprint density at radius 1 is 1.12 bits per heavy atom. The average Bonchev–Trinajstić information content (AvgIpc) is 2.54. The van der Waals surface area contributed by atoms with Crippen LogP contribution < -0.4 is 0 Å². The third-order valence-electron chi connectivity index (χ3n) is 2.68. The number of allylic oxidation sites excluding steroid dienone is 6. The summed E-state index contributed by atoms with van der Waals surface area (Å²) in [6.07, 6.45) is 10.4. The van der Waals surface area contributed by atoms with Crippen molar-refractivity contribution in [3.05, 3.63) is 65.3 Å². The number of hydrogen-bond donors (Lipinski definition) is 0. The summed E-state index contributed by atoms with van der Waals surface area (Å²) in [5.41, 5.74) is 4.45. The van der Waals surface area contributed by atoms with E-state index in [1.165, 1.54) is 16.7 Å². The molecule has 0 atom stereocenters. The highest BCUT2D eigenvalue weighted by atomic mass is 16.1. The van der Waals surface area contributed by atoms with Gasteiger partial charge < -0.3 is 0 Å². The van der Waals surface area contributed by atoms with Crippen LogP contribution in [0.1, 0.15) is 29.3 Å². The summed E-state index contributed by atoms with van der Waals surface area (Å²) < 4.78 is 0. The molecule has 2 rings (SSSR count). The SMILES string of the molecule is CC1=CC=C(c2ccc(C=O)cc2)CC=C1. The minimum Gasteiger partial charge on any atom is -0.298 e. The Labute approximate surface area is 95.8 Å². The number of carbonyl (C=O) groups is 1. The quantitative estimate of drug-likeness (QED) is 0.679. The summed E-state index contributed by atoms with van der Waals surface area (Å²) >= 11 is 0. The van der Waals surface area contributed by atoms with E-state index in [9.17, 15) is 4.79 Å². The number of rotatable bonds is 2. The molecule has 0 saturated carbocycles. The van der Waals surface area contributed by atoms with E-state index < -0.39 is 0 Å². The Balaban J connectivity index is 2.30. The first-order valence-corrected chi connectivity index (χ1v) is 5.39. The van der Waals surface area contributed by atoms with Gasteiger partial charge in [-0.25, -0.2) is 0 Å². The molecule has 80 valence electrons. The Kier molecular flexibility index (Phi) is 3.16. The van der Waals surface area contributed by atoms with E-state index >= 15 is 0 Å². The van der Waals surface area contributed by atoms with E-state index in [4.69, 9.17) is 0 Å². The number of hydrogen-bond acceptors (Lipinski definition) is 1. The zero-order valence-electron chi connectivity index (χ0n) is 9.31. The molecule has 1 aromatic rings. The lowest BCUT2D eigenvalue weighted by Crippen LogP contribution is -1.84. The van der Waals surface area contributed by atoms with Crippen LogP contribution in [0, 0.1) is 0 Å². The molecule has 1 aliphatic rings. The molecule has 0 spiro atoms. The highest BCUT2D eigenvalue weighted by Gasteiger charge is 2.01. The topological polar surface area (TPSA) is 17.1 Å². The van der Waals surface area contributed by atoms with E-state index in [0.717, 1.165) is 18.3 Å². The van der Waals surface area contributed by atoms with Crippen molar-refractivity contribution >= 4 is 11.9 Å². The third kappa shape index (κ3) is 2.37. The van der Waals surface area contributed by atoms with E-state index in [-0.39, 0.29) is 0 Å². The van der Waals surface area contributed by atoms with Gasteiger partial charge in [-0.3, -0.25) is 4.79 Å². The molecule has 1 aliphatic carbocycles. The van der Waals surface area contributed by atoms with Crippen LogP contribution in [0.15, 0.2) is 54.1 Å². The van der Waals surface area contributed by atoms with Crippen LogP contribution in [0.5, 0.6) is 0 Å². The molecular formula is C15H14O. The fourth-order valence-corrected chi connectivity index (χ4v) is 1.72. The predicted molar refractivity (Wildman–Crippen MR) is 67.3 cm³/mol. The third-order valence-corrected chi connectivity index (χ3v) is 2.68. The van der Waals surface area contributed by atoms with Gasteiger partial charge in [0.05, 0.1) is 0 Å². The molecule has 0 N–H and O–H groups in total. The Morgan fingerprint density at radius 3 is 2.56 bits per heavy atom. The maximum Gasteiger partial charge on any atom is 0.150 e. The average molecular weight is 210 g/mol. The first-order valence-electron chi connectivity index (χ1n) is 5.39. The molecule has 0 radical (unpaired) electrons. The van der Waals surface area contributed by atoms with Gasteiger partial charge in [-0.15, -0.1) is 0 Å². The van der Waals surface area contributed by atoms with Gasteiger partial charge >= 0.3 is 0 Å². The van der Waals surface area contributed by atoms with Gasteiger partial charge in [0, 0.05) is 5.56 Å². The smallest absolute Gasteiger partial charge is 0.150 e. The van der Waals surface area contributed by atoms with Crippen LogP contribution in [0.25, 0.3) is 5.57 Å². The van der Waals surface area contributed by atoms with Gasteiger partial charge in [0.1, 0.15) is 6.29 Å². The summed E-state index contributed by atoms with van der Waals surface area (Å²) in [7, 11) is 0. The van der Waals surface area contributed by atoms with E-state index in [1.54, 1.807) is 0 Å². The fraction of sp³-hybridized carbons (Fsp3) is 0.133. The van der Waals surface area contributed by atoms with Gasteiger partial charge in [0.2, 0.25) is 0 Å². The van der Waals surface area contributed by atoms with Crippen LogP contribution in [-0.4, -0.2) is 6.29 Å². The molecule has 0 bridgehead atoms. The number of carbonyl (C=O) groups excluding carboxylic acids is 1. The van der Waals surface area contributed by atoms with Gasteiger partial charge in [-0.2, -0.15) is 0 Å². The molecule has 1 nitrogen and oxygen atoms in total. The van der Waals surface area contributed by atoms with Crippen molar-refractivity contribution in [1.82, 2.24) is 0 Å². The Hall–Kier alpha value is -1.89. The van der Waals surface area contributed by atoms with Gasteiger partial charge in [0.25, 0.3) is 0 Å². The van der Waals surface area contributed by atoms with Crippen molar-refractivity contribution in [2.45, 2.75) is 13.3 Å². The van der Waals surface area contributed by atoms with E-state index in [1.807, 2.05) is 24.3 Å². The van der Waals surface area contributed by atoms with Crippen LogP contribution in [0.4, 0.5) is 0 Å². The summed E-state index contributed by atoms with van der Waals surface area (Å²) in [6, 6.07) is 7.71. The Bertz CT molecular complexity index is 473. The first kappa shape index (κ1) is 10.6. The maximum atomic E-state index is 10.6. The molecule has 0 aliphatic heterocycles. The molecule has 0 fully saturated rings. The van der Waals surface area contributed by atoms with Crippen molar-refractivity contribution in [1.29, 1.82) is 0 Å². The summed E-state index contributed by atoms with van der Waals surface area (Å²) in [6.45, 7) is 2.09. The minimum atomic E-state index is 0.722. The molecule has 16 heavy (non-hydrogen) atoms. The lowest BCUT2D eigenvalue weighted by molar-refractivity contribution is 0.112. The van der Waals surface area contributed by atoms with Gasteiger partial charge in [-0.05, 0) is 24.5 Å². The molecule has 0 heterocycles. The van der Waals surface area contributed by atoms with Crippen LogP contribution in [-0.2, 0) is 0 Å². The van der Waals surface area contributed by atoms with Crippen molar-refractivity contribution < 1.29 is 4.79 Å². The normalized spacial score (nSPS) is 15.1. The largest absolute Gasteiger partial charge is 0.298 e. The summed E-state index contributed by atoms with van der Waals surface area (Å²) in [5.74, 6) is 0. The van der Waals surface area contributed by atoms with Gasteiger partial charge in [-0.1, -0.05) is 54.1 Å². The van der Waals surface area contributed by atoms with Crippen molar-refractivity contribution in [2.75, 3.05) is 0 Å². The van der Waals surface area contributed by atoms with Crippen molar-refractivity contribution in [3.8, 4) is 0 Å². The lowest BCUT2D eigenvalue weighted by atomic mass is 10.0. The van der Waals surface area contributed by atoms with Crippen LogP contribution in [0.3, 0.4) is 0 Å². The molecular weight excluding hydrogens is 196 g/mol. The molecule has 0 saturated heterocycles. The van der Waals surface area contributed by atoms with E-state index in [0.29, 0.717) is 0 Å². The molecule has 0 amide bonds. The molecule has 0 unspecified atom stereocenters. The van der Waals surface area contributed by atoms with Gasteiger partial charge in [0.15, 0.2) is 0 Å². The minimum absolute atomic E-state index is 0.722. The zero-order valence-corrected chi connectivity index (χ0v) is 9.31. The summed E-state index contributed by atoms with van der Waals surface area (Å²) in [4.78, 5) is 10.6. The first-order chi connectivity index (χ1) is 7.79. The Morgan fingerprint density at radius 2 is 1.88 bits per heavy atom. The highest BCUT2D eigenvalue weighted by Crippen LogP contribution is 2.22. The van der Waals surface area contributed by atoms with Crippen molar-refractivity contribution in [2.24, 2.45) is 0 Å². The zero-order chi connectivity index (χ0) is 11.4. The second-order valence-corrected chi connectivity index (χ2v) is 3.95.